The summed E-state index contributed by atoms with van der Waals surface area (Å²) in [5.41, 5.74) is 8.34. The number of hydrogen-bond donors (Lipinski definition) is 0. The first-order valence-electron chi connectivity index (χ1n) is 16.6. The van der Waals surface area contributed by atoms with Gasteiger partial charge in [0, 0.05) is 22.1 Å². The zero-order valence-corrected chi connectivity index (χ0v) is 27.9. The van der Waals surface area contributed by atoms with Gasteiger partial charge in [-0.15, -0.1) is 0 Å². The number of allylic oxidation sites excluding steroid dienone is 1. The summed E-state index contributed by atoms with van der Waals surface area (Å²) in [7, 11) is -2.92. The Morgan fingerprint density at radius 3 is 1.42 bits per heavy atom. The van der Waals surface area contributed by atoms with Crippen molar-refractivity contribution in [2.45, 2.75) is 19.3 Å². The number of benzene rings is 6. The molecule has 9 rings (SSSR count). The number of hydrogen-bond acceptors (Lipinski definition) is 3. The van der Waals surface area contributed by atoms with Gasteiger partial charge in [-0.05, 0) is 43.0 Å². The molecule has 6 aromatic carbocycles. The molecule has 1 aliphatic heterocycles. The maximum atomic E-state index is 5.29. The molecule has 0 atom stereocenters. The summed E-state index contributed by atoms with van der Waals surface area (Å²) in [4.78, 5) is 15.6. The van der Waals surface area contributed by atoms with E-state index in [4.69, 9.17) is 15.0 Å². The molecule has 0 N–H and O–H groups in total. The van der Waals surface area contributed by atoms with Crippen molar-refractivity contribution in [2.24, 2.45) is 0 Å². The van der Waals surface area contributed by atoms with Gasteiger partial charge < -0.3 is 0 Å². The summed E-state index contributed by atoms with van der Waals surface area (Å²) in [6, 6.07) is 58.8. The summed E-state index contributed by atoms with van der Waals surface area (Å²) in [5.74, 6) is 2.05. The lowest BCUT2D eigenvalue weighted by molar-refractivity contribution is 0.704. The third-order valence-corrected chi connectivity index (χ3v) is 15.1. The number of nitrogens with zero attached hydrogens (tertiary/aromatic N) is 3. The van der Waals surface area contributed by atoms with E-state index in [1.165, 1.54) is 43.0 Å². The minimum absolute atomic E-state index is 0.179. The second kappa shape index (κ2) is 10.9. The lowest BCUT2D eigenvalue weighted by atomic mass is 9.78. The molecule has 2 aliphatic rings. The molecular formula is C44H33N3Si. The molecule has 1 aromatic heterocycles. The average molecular weight is 632 g/mol. The fourth-order valence-electron chi connectivity index (χ4n) is 8.21. The van der Waals surface area contributed by atoms with Gasteiger partial charge in [-0.1, -0.05) is 178 Å². The zero-order valence-electron chi connectivity index (χ0n) is 26.9. The summed E-state index contributed by atoms with van der Waals surface area (Å²) in [6.45, 7) is 4.80. The van der Waals surface area contributed by atoms with Gasteiger partial charge in [0.1, 0.15) is 0 Å². The molecule has 0 spiro atoms. The first-order valence-corrected chi connectivity index (χ1v) is 18.6. The normalized spacial score (nSPS) is 15.1. The highest BCUT2D eigenvalue weighted by atomic mass is 28.3. The number of rotatable bonds is 5. The third kappa shape index (κ3) is 4.09. The van der Waals surface area contributed by atoms with Crippen molar-refractivity contribution in [1.29, 1.82) is 0 Å². The zero-order chi connectivity index (χ0) is 32.3. The number of fused-ring (bicyclic) bond motifs is 4. The molecule has 228 valence electrons. The highest BCUT2D eigenvalue weighted by Crippen LogP contribution is 2.57. The highest BCUT2D eigenvalue weighted by Gasteiger charge is 2.58. The summed E-state index contributed by atoms with van der Waals surface area (Å²) in [6.07, 6.45) is 0. The van der Waals surface area contributed by atoms with Crippen LogP contribution in [0.5, 0.6) is 0 Å². The first kappa shape index (κ1) is 28.5. The molecule has 1 aliphatic carbocycles. The van der Waals surface area contributed by atoms with Gasteiger partial charge in [-0.25, -0.2) is 15.0 Å². The van der Waals surface area contributed by atoms with Gasteiger partial charge in [-0.2, -0.15) is 0 Å². The molecule has 0 saturated heterocycles. The molecule has 2 heterocycles. The Labute approximate surface area is 282 Å². The van der Waals surface area contributed by atoms with Crippen LogP contribution in [0.25, 0.3) is 44.9 Å². The van der Waals surface area contributed by atoms with Gasteiger partial charge in [0.05, 0.1) is 0 Å². The Bertz CT molecular complexity index is 2250. The smallest absolute Gasteiger partial charge is 0.181 e. The largest absolute Gasteiger partial charge is 0.208 e. The van der Waals surface area contributed by atoms with Gasteiger partial charge in [0.2, 0.25) is 0 Å². The Balaban J connectivity index is 1.42. The Morgan fingerprint density at radius 2 is 0.854 bits per heavy atom. The van der Waals surface area contributed by atoms with Crippen LogP contribution in [0.2, 0.25) is 0 Å². The maximum absolute atomic E-state index is 5.29. The van der Waals surface area contributed by atoms with E-state index >= 15 is 0 Å². The van der Waals surface area contributed by atoms with Crippen LogP contribution in [-0.4, -0.2) is 23.0 Å². The van der Waals surface area contributed by atoms with E-state index in [2.05, 4.69) is 141 Å². The minimum Gasteiger partial charge on any atom is -0.208 e. The quantitative estimate of drug-likeness (QED) is 0.180. The van der Waals surface area contributed by atoms with Crippen molar-refractivity contribution >= 4 is 34.4 Å². The monoisotopic (exact) mass is 631 g/mol. The standard InChI is InChI=1S/C44H33N3Si/c1-44(2)37-29-16-15-26-34(37)40-38(44)35-27-17-28-36(39(35)48(40,32-22-11-5-12-23-32)33-24-13-6-14-25-33)43-46-41(30-18-7-3-8-19-30)45-42(47-43)31-20-9-4-10-21-31/h3-29H,1-2H3. The first-order chi connectivity index (χ1) is 23.6. The van der Waals surface area contributed by atoms with Gasteiger partial charge in [0.15, 0.2) is 25.5 Å². The van der Waals surface area contributed by atoms with Crippen molar-refractivity contribution < 1.29 is 0 Å². The summed E-state index contributed by atoms with van der Waals surface area (Å²) in [5, 5.41) is 5.58. The molecule has 0 saturated carbocycles. The lowest BCUT2D eigenvalue weighted by Crippen LogP contribution is -2.67. The van der Waals surface area contributed by atoms with E-state index in [0.29, 0.717) is 17.5 Å². The molecule has 0 unspecified atom stereocenters. The van der Waals surface area contributed by atoms with Crippen molar-refractivity contribution in [3.63, 3.8) is 0 Å². The molecule has 7 aromatic rings. The second-order valence-corrected chi connectivity index (χ2v) is 16.8. The minimum atomic E-state index is -2.92. The van der Waals surface area contributed by atoms with E-state index in [-0.39, 0.29) is 5.41 Å². The Morgan fingerprint density at radius 1 is 0.417 bits per heavy atom. The summed E-state index contributed by atoms with van der Waals surface area (Å²) < 4.78 is 0. The van der Waals surface area contributed by atoms with Crippen LogP contribution in [0.15, 0.2) is 164 Å². The molecule has 0 fully saturated rings. The topological polar surface area (TPSA) is 38.7 Å². The Hall–Kier alpha value is -5.71. The van der Waals surface area contributed by atoms with Gasteiger partial charge >= 0.3 is 0 Å². The molecule has 0 bridgehead atoms. The third-order valence-electron chi connectivity index (χ3n) is 10.2. The molecule has 0 amide bonds. The van der Waals surface area contributed by atoms with Crippen molar-refractivity contribution in [2.75, 3.05) is 0 Å². The molecule has 3 nitrogen and oxygen atoms in total. The molecule has 0 radical (unpaired) electrons. The van der Waals surface area contributed by atoms with Crippen LogP contribution in [-0.2, 0) is 5.41 Å². The predicted octanol–water partition coefficient (Wildman–Crippen LogP) is 8.10. The maximum Gasteiger partial charge on any atom is 0.181 e. The van der Waals surface area contributed by atoms with Crippen molar-refractivity contribution in [3.8, 4) is 34.2 Å². The van der Waals surface area contributed by atoms with Crippen molar-refractivity contribution in [1.82, 2.24) is 15.0 Å². The fourth-order valence-corrected chi connectivity index (χ4v) is 14.0. The highest BCUT2D eigenvalue weighted by molar-refractivity contribution is 7.26. The predicted molar refractivity (Wildman–Crippen MR) is 200 cm³/mol. The molecule has 48 heavy (non-hydrogen) atoms. The van der Waals surface area contributed by atoms with E-state index < -0.39 is 8.07 Å². The number of aromatic nitrogens is 3. The molecule has 4 heteroatoms. The van der Waals surface area contributed by atoms with Crippen LogP contribution < -0.4 is 15.6 Å². The molecular weight excluding hydrogens is 599 g/mol. The lowest BCUT2D eigenvalue weighted by Gasteiger charge is -2.35. The average Bonchev–Trinajstić information content (AvgIpc) is 3.61. The Kier molecular flexibility index (Phi) is 6.49. The summed E-state index contributed by atoms with van der Waals surface area (Å²) >= 11 is 0. The van der Waals surface area contributed by atoms with Crippen molar-refractivity contribution in [3.05, 3.63) is 180 Å². The SMILES string of the molecule is CC1(C)C2=C(c3ccccc31)[Si](c1ccccc1)(c1ccccc1)c1c2cccc1-c1nc(-c2ccccc2)nc(-c2ccccc2)n1. The van der Waals surface area contributed by atoms with E-state index in [0.717, 1.165) is 16.7 Å². The van der Waals surface area contributed by atoms with Crippen LogP contribution in [0.1, 0.15) is 30.5 Å². The fraction of sp³-hybridized carbons (Fsp3) is 0.0682. The van der Waals surface area contributed by atoms with Crippen LogP contribution in [0, 0.1) is 0 Å². The van der Waals surface area contributed by atoms with Crippen LogP contribution in [0.4, 0.5) is 0 Å². The van der Waals surface area contributed by atoms with E-state index in [1.54, 1.807) is 0 Å². The van der Waals surface area contributed by atoms with Gasteiger partial charge in [-0.3, -0.25) is 0 Å². The van der Waals surface area contributed by atoms with Gasteiger partial charge in [0.25, 0.3) is 0 Å². The van der Waals surface area contributed by atoms with Crippen LogP contribution in [0.3, 0.4) is 0 Å². The van der Waals surface area contributed by atoms with E-state index in [9.17, 15) is 0 Å². The van der Waals surface area contributed by atoms with E-state index in [1.807, 2.05) is 36.4 Å². The second-order valence-electron chi connectivity index (χ2n) is 13.2. The van der Waals surface area contributed by atoms with Crippen LogP contribution >= 0.6 is 0 Å².